The number of hydrogen-bond acceptors (Lipinski definition) is 4. The van der Waals surface area contributed by atoms with Gasteiger partial charge in [-0.15, -0.1) is 4.74 Å². The summed E-state index contributed by atoms with van der Waals surface area (Å²) >= 11 is 0. The summed E-state index contributed by atoms with van der Waals surface area (Å²) in [4.78, 5) is 27.7. The maximum absolute atomic E-state index is 12.0. The second-order valence-corrected chi connectivity index (χ2v) is 4.85. The van der Waals surface area contributed by atoms with E-state index in [1.807, 2.05) is 19.9 Å². The van der Waals surface area contributed by atoms with Gasteiger partial charge in [-0.3, -0.25) is 4.98 Å². The third-order valence-electron chi connectivity index (χ3n) is 3.02. The van der Waals surface area contributed by atoms with Crippen molar-refractivity contribution >= 4 is 6.03 Å². The molecule has 0 spiro atoms. The molecule has 106 valence electrons. The van der Waals surface area contributed by atoms with Crippen molar-refractivity contribution in [1.82, 2.24) is 15.0 Å². The molecule has 20 heavy (non-hydrogen) atoms. The highest BCUT2D eigenvalue weighted by atomic mass is 16.5. The molecule has 2 heterocycles. The molecule has 0 aliphatic heterocycles. The lowest BCUT2D eigenvalue weighted by Gasteiger charge is -2.06. The van der Waals surface area contributed by atoms with Crippen molar-refractivity contribution in [2.24, 2.45) is 0 Å². The van der Waals surface area contributed by atoms with Gasteiger partial charge in [-0.2, -0.15) is 0 Å². The number of nitrogens with one attached hydrogen (secondary N) is 1. The number of amides is 1. The van der Waals surface area contributed by atoms with E-state index in [2.05, 4.69) is 10.3 Å². The third-order valence-corrected chi connectivity index (χ3v) is 3.02. The number of pyridine rings is 1. The molecule has 0 aromatic carbocycles. The smallest absolute Gasteiger partial charge is 0.331 e. The fourth-order valence-electron chi connectivity index (χ4n) is 2.06. The number of carbonyl (C=O) groups is 1. The Morgan fingerprint density at radius 1 is 1.50 bits per heavy atom. The molecule has 2 aromatic rings. The highest BCUT2D eigenvalue weighted by Gasteiger charge is 2.20. The number of rotatable bonds is 3. The summed E-state index contributed by atoms with van der Waals surface area (Å²) in [6, 6.07) is 3.18. The first-order valence-electron chi connectivity index (χ1n) is 6.40. The molecule has 0 unspecified atom stereocenters. The molecule has 0 aliphatic carbocycles. The molecule has 2 aromatic heterocycles. The number of carbonyl (C=O) groups excluding carboxylic acids is 1. The van der Waals surface area contributed by atoms with Crippen molar-refractivity contribution in [3.05, 3.63) is 51.8 Å². The number of nitrogens with zero attached hydrogens (tertiary/aromatic N) is 2. The van der Waals surface area contributed by atoms with E-state index < -0.39 is 11.7 Å². The molecule has 1 N–H and O–H groups in total. The van der Waals surface area contributed by atoms with Gasteiger partial charge in [0.05, 0.1) is 11.3 Å². The Morgan fingerprint density at radius 2 is 2.25 bits per heavy atom. The summed E-state index contributed by atoms with van der Waals surface area (Å²) in [6.07, 6.45) is 3.33. The van der Waals surface area contributed by atoms with Gasteiger partial charge < -0.3 is 9.84 Å². The minimum atomic E-state index is -0.464. The molecule has 6 nitrogen and oxygen atoms in total. The lowest BCUT2D eigenvalue weighted by Crippen LogP contribution is -2.28. The zero-order valence-electron chi connectivity index (χ0n) is 11.7. The van der Waals surface area contributed by atoms with E-state index in [0.29, 0.717) is 17.8 Å². The Bertz CT molecular complexity index is 656. The van der Waals surface area contributed by atoms with Crippen LogP contribution in [0.2, 0.25) is 0 Å². The van der Waals surface area contributed by atoms with Gasteiger partial charge in [-0.1, -0.05) is 19.9 Å². The first-order valence-corrected chi connectivity index (χ1v) is 6.40. The van der Waals surface area contributed by atoms with E-state index in [1.54, 1.807) is 25.4 Å². The van der Waals surface area contributed by atoms with Crippen LogP contribution in [-0.2, 0) is 6.54 Å². The van der Waals surface area contributed by atoms with Crippen LogP contribution in [0.5, 0.6) is 0 Å². The van der Waals surface area contributed by atoms with Crippen LogP contribution in [0.1, 0.15) is 36.6 Å². The number of hydrogen-bond donors (Lipinski definition) is 1. The van der Waals surface area contributed by atoms with Crippen LogP contribution < -0.4 is 10.9 Å². The second-order valence-electron chi connectivity index (χ2n) is 4.85. The van der Waals surface area contributed by atoms with Crippen LogP contribution in [0, 0.1) is 6.92 Å². The molecular formula is C14H17N3O3. The van der Waals surface area contributed by atoms with Gasteiger partial charge >= 0.3 is 11.7 Å². The van der Waals surface area contributed by atoms with Crippen LogP contribution in [0.3, 0.4) is 0 Å². The molecule has 0 atom stereocenters. The molecule has 0 radical (unpaired) electrons. The largest absolute Gasteiger partial charge is 0.361 e. The molecule has 0 bridgehead atoms. The highest BCUT2D eigenvalue weighted by Crippen LogP contribution is 2.15. The van der Waals surface area contributed by atoms with Crippen molar-refractivity contribution in [2.45, 2.75) is 33.2 Å². The molecule has 6 heteroatoms. The molecule has 0 fully saturated rings. The van der Waals surface area contributed by atoms with Crippen molar-refractivity contribution in [2.75, 3.05) is 0 Å². The fraction of sp³-hybridized carbons (Fsp3) is 0.357. The van der Waals surface area contributed by atoms with Crippen LogP contribution in [0.15, 0.2) is 33.8 Å². The Morgan fingerprint density at radius 3 is 2.80 bits per heavy atom. The second kappa shape index (κ2) is 5.73. The quantitative estimate of drug-likeness (QED) is 0.929. The van der Waals surface area contributed by atoms with E-state index in [-0.39, 0.29) is 5.92 Å². The zero-order chi connectivity index (χ0) is 14.7. The predicted octanol–water partition coefficient (Wildman–Crippen LogP) is 2.03. The molecule has 0 aliphatic rings. The van der Waals surface area contributed by atoms with Gasteiger partial charge in [0.15, 0.2) is 0 Å². The number of aromatic nitrogens is 2. The average molecular weight is 275 g/mol. The van der Waals surface area contributed by atoms with Crippen LogP contribution in [0.25, 0.3) is 0 Å². The van der Waals surface area contributed by atoms with Gasteiger partial charge in [-0.05, 0) is 24.5 Å². The maximum Gasteiger partial charge on any atom is 0.361 e. The molecule has 1 amide bonds. The minimum Gasteiger partial charge on any atom is -0.331 e. The van der Waals surface area contributed by atoms with E-state index in [9.17, 15) is 9.59 Å². The topological polar surface area (TPSA) is 77.1 Å². The molecule has 0 saturated carbocycles. The Labute approximate surface area is 116 Å². The van der Waals surface area contributed by atoms with Crippen LogP contribution >= 0.6 is 0 Å². The van der Waals surface area contributed by atoms with Crippen LogP contribution in [0.4, 0.5) is 4.79 Å². The first-order chi connectivity index (χ1) is 9.50. The van der Waals surface area contributed by atoms with Crippen molar-refractivity contribution in [1.29, 1.82) is 0 Å². The third kappa shape index (κ3) is 2.79. The lowest BCUT2D eigenvalue weighted by atomic mass is 10.1. The maximum atomic E-state index is 12.0. The summed E-state index contributed by atoms with van der Waals surface area (Å²) in [6.45, 7) is 5.79. The monoisotopic (exact) mass is 275 g/mol. The summed E-state index contributed by atoms with van der Waals surface area (Å²) < 4.78 is 6.00. The van der Waals surface area contributed by atoms with Gasteiger partial charge in [0.2, 0.25) is 0 Å². The summed E-state index contributed by atoms with van der Waals surface area (Å²) in [5.74, 6) is 0.0126. The van der Waals surface area contributed by atoms with E-state index in [1.165, 1.54) is 0 Å². The van der Waals surface area contributed by atoms with Gasteiger partial charge in [0.1, 0.15) is 0 Å². The first kappa shape index (κ1) is 14.0. The van der Waals surface area contributed by atoms with Crippen molar-refractivity contribution in [3.63, 3.8) is 0 Å². The Kier molecular flexibility index (Phi) is 4.02. The summed E-state index contributed by atoms with van der Waals surface area (Å²) in [5.41, 5.74) is 1.47. The predicted molar refractivity (Wildman–Crippen MR) is 73.7 cm³/mol. The average Bonchev–Trinajstić information content (AvgIpc) is 2.72. The SMILES string of the molecule is Cc1c(C(C)C)c(=O)on1C(=O)NCc1cccnc1. The highest BCUT2D eigenvalue weighted by molar-refractivity contribution is 5.76. The summed E-state index contributed by atoms with van der Waals surface area (Å²) in [7, 11) is 0. The van der Waals surface area contributed by atoms with Crippen molar-refractivity contribution in [3.8, 4) is 0 Å². The van der Waals surface area contributed by atoms with Gasteiger partial charge in [0.25, 0.3) is 0 Å². The molecule has 2 rings (SSSR count). The van der Waals surface area contributed by atoms with Crippen LogP contribution in [-0.4, -0.2) is 15.8 Å². The van der Waals surface area contributed by atoms with Gasteiger partial charge in [0, 0.05) is 18.9 Å². The zero-order valence-corrected chi connectivity index (χ0v) is 11.7. The standard InChI is InChI=1S/C14H17N3O3/c1-9(2)12-10(3)17(20-13(12)18)14(19)16-8-11-5-4-6-15-7-11/h4-7,9H,8H2,1-3H3,(H,16,19). The van der Waals surface area contributed by atoms with E-state index in [4.69, 9.17) is 4.52 Å². The Hall–Kier alpha value is -2.37. The van der Waals surface area contributed by atoms with Gasteiger partial charge in [-0.25, -0.2) is 9.59 Å². The van der Waals surface area contributed by atoms with E-state index in [0.717, 1.165) is 10.3 Å². The molecular weight excluding hydrogens is 258 g/mol. The minimum absolute atomic E-state index is 0.0126. The Balaban J connectivity index is 2.14. The summed E-state index contributed by atoms with van der Waals surface area (Å²) in [5, 5.41) is 2.69. The fourth-order valence-corrected chi connectivity index (χ4v) is 2.06. The van der Waals surface area contributed by atoms with Crippen molar-refractivity contribution < 1.29 is 9.32 Å². The normalized spacial score (nSPS) is 10.8. The lowest BCUT2D eigenvalue weighted by molar-refractivity contribution is 0.205. The van der Waals surface area contributed by atoms with E-state index >= 15 is 0 Å². The molecule has 0 saturated heterocycles.